The van der Waals surface area contributed by atoms with Gasteiger partial charge in [-0.25, -0.2) is 0 Å². The first-order valence-corrected chi connectivity index (χ1v) is 5.14. The minimum absolute atomic E-state index is 0.159. The molecule has 14 heavy (non-hydrogen) atoms. The lowest BCUT2D eigenvalue weighted by Crippen LogP contribution is -1.94. The third kappa shape index (κ3) is 5.76. The summed E-state index contributed by atoms with van der Waals surface area (Å²) in [6.45, 7) is 10.1. The van der Waals surface area contributed by atoms with Gasteiger partial charge in [0.2, 0.25) is 0 Å². The molecule has 1 heteroatoms. The molecular weight excluding hydrogens is 172 g/mol. The molecular formula is C13H22O. The third-order valence-electron chi connectivity index (χ3n) is 2.26. The Kier molecular flexibility index (Phi) is 7.13. The lowest BCUT2D eigenvalue weighted by molar-refractivity contribution is 0.327. The maximum atomic E-state index is 9.12. The van der Waals surface area contributed by atoms with Gasteiger partial charge in [0.25, 0.3) is 0 Å². The van der Waals surface area contributed by atoms with Gasteiger partial charge in [0, 0.05) is 0 Å². The number of allylic oxidation sites excluding steroid dienone is 4. The minimum Gasteiger partial charge on any atom is -0.392 e. The molecule has 0 saturated carbocycles. The van der Waals surface area contributed by atoms with Gasteiger partial charge in [-0.05, 0) is 45.6 Å². The summed E-state index contributed by atoms with van der Waals surface area (Å²) >= 11 is 0. The summed E-state index contributed by atoms with van der Waals surface area (Å²) in [5, 5.41) is 9.12. The number of aliphatic hydroxyl groups excluding tert-OH is 1. The van der Waals surface area contributed by atoms with Crippen LogP contribution in [0, 0.1) is 0 Å². The molecule has 0 aliphatic carbocycles. The number of rotatable bonds is 6. The summed E-state index contributed by atoms with van der Waals surface area (Å²) in [5.74, 6) is 0. The molecule has 0 aromatic heterocycles. The van der Waals surface area contributed by atoms with Crippen molar-refractivity contribution in [2.24, 2.45) is 0 Å². The third-order valence-corrected chi connectivity index (χ3v) is 2.26. The Bertz CT molecular complexity index is 230. The van der Waals surface area contributed by atoms with E-state index in [-0.39, 0.29) is 6.61 Å². The Morgan fingerprint density at radius 1 is 1.29 bits per heavy atom. The predicted molar refractivity (Wildman–Crippen MR) is 63.3 cm³/mol. The van der Waals surface area contributed by atoms with Gasteiger partial charge in [-0.15, -0.1) is 6.58 Å². The van der Waals surface area contributed by atoms with E-state index in [0.29, 0.717) is 0 Å². The second kappa shape index (κ2) is 7.57. The van der Waals surface area contributed by atoms with E-state index in [9.17, 15) is 0 Å². The van der Waals surface area contributed by atoms with Crippen LogP contribution in [-0.2, 0) is 0 Å². The SMILES string of the molecule is C=CC/C(CO)=C(/C)CCC=C(C)C. The van der Waals surface area contributed by atoms with Crippen LogP contribution in [0.15, 0.2) is 35.5 Å². The minimum atomic E-state index is 0.159. The Balaban J connectivity index is 4.18. The van der Waals surface area contributed by atoms with Gasteiger partial charge >= 0.3 is 0 Å². The van der Waals surface area contributed by atoms with Gasteiger partial charge in [-0.1, -0.05) is 23.3 Å². The van der Waals surface area contributed by atoms with E-state index in [4.69, 9.17) is 5.11 Å². The van der Waals surface area contributed by atoms with Crippen LogP contribution in [0.3, 0.4) is 0 Å². The highest BCUT2D eigenvalue weighted by Gasteiger charge is 1.98. The zero-order valence-corrected chi connectivity index (χ0v) is 9.64. The Morgan fingerprint density at radius 2 is 1.93 bits per heavy atom. The van der Waals surface area contributed by atoms with Gasteiger partial charge < -0.3 is 5.11 Å². The van der Waals surface area contributed by atoms with Crippen LogP contribution >= 0.6 is 0 Å². The normalized spacial score (nSPS) is 12.0. The molecule has 0 fully saturated rings. The smallest absolute Gasteiger partial charge is 0.0647 e. The zero-order valence-electron chi connectivity index (χ0n) is 9.64. The van der Waals surface area contributed by atoms with Crippen LogP contribution in [0.25, 0.3) is 0 Å². The molecule has 0 bridgehead atoms. The lowest BCUT2D eigenvalue weighted by Gasteiger charge is -2.06. The van der Waals surface area contributed by atoms with Crippen molar-refractivity contribution in [2.45, 2.75) is 40.0 Å². The quantitative estimate of drug-likeness (QED) is 0.640. The van der Waals surface area contributed by atoms with Crippen molar-refractivity contribution in [3.05, 3.63) is 35.5 Å². The standard InChI is InChI=1S/C13H22O/c1-5-7-13(10-14)12(4)9-6-8-11(2)3/h5,8,14H,1,6-7,9-10H2,2-4H3/b13-12+. The van der Waals surface area contributed by atoms with Crippen molar-refractivity contribution < 1.29 is 5.11 Å². The summed E-state index contributed by atoms with van der Waals surface area (Å²) in [5.41, 5.74) is 3.76. The van der Waals surface area contributed by atoms with Crippen molar-refractivity contribution in [1.82, 2.24) is 0 Å². The van der Waals surface area contributed by atoms with Crippen LogP contribution in [0.1, 0.15) is 40.0 Å². The molecule has 0 aliphatic heterocycles. The first-order valence-electron chi connectivity index (χ1n) is 5.14. The van der Waals surface area contributed by atoms with E-state index >= 15 is 0 Å². The van der Waals surface area contributed by atoms with E-state index in [0.717, 1.165) is 24.8 Å². The summed E-state index contributed by atoms with van der Waals surface area (Å²) < 4.78 is 0. The highest BCUT2D eigenvalue weighted by atomic mass is 16.3. The maximum absolute atomic E-state index is 9.12. The molecule has 1 nitrogen and oxygen atoms in total. The molecule has 0 heterocycles. The van der Waals surface area contributed by atoms with E-state index < -0.39 is 0 Å². The van der Waals surface area contributed by atoms with Gasteiger partial charge in [0.1, 0.15) is 0 Å². The van der Waals surface area contributed by atoms with Crippen molar-refractivity contribution >= 4 is 0 Å². The molecule has 0 unspecified atom stereocenters. The van der Waals surface area contributed by atoms with Gasteiger partial charge in [0.05, 0.1) is 6.61 Å². The maximum Gasteiger partial charge on any atom is 0.0647 e. The van der Waals surface area contributed by atoms with Crippen molar-refractivity contribution in [2.75, 3.05) is 6.61 Å². The van der Waals surface area contributed by atoms with E-state index in [1.165, 1.54) is 11.1 Å². The molecule has 0 aromatic carbocycles. The monoisotopic (exact) mass is 194 g/mol. The molecule has 0 spiro atoms. The molecule has 0 rings (SSSR count). The van der Waals surface area contributed by atoms with Gasteiger partial charge in [-0.2, -0.15) is 0 Å². The molecule has 0 atom stereocenters. The number of aliphatic hydroxyl groups is 1. The van der Waals surface area contributed by atoms with Crippen LogP contribution in [-0.4, -0.2) is 11.7 Å². The molecule has 80 valence electrons. The van der Waals surface area contributed by atoms with Gasteiger partial charge in [0.15, 0.2) is 0 Å². The summed E-state index contributed by atoms with van der Waals surface area (Å²) in [4.78, 5) is 0. The highest BCUT2D eigenvalue weighted by Crippen LogP contribution is 2.14. The fourth-order valence-corrected chi connectivity index (χ4v) is 1.30. The van der Waals surface area contributed by atoms with Crippen LogP contribution in [0.5, 0.6) is 0 Å². The van der Waals surface area contributed by atoms with Crippen LogP contribution in [0.4, 0.5) is 0 Å². The molecule has 0 aromatic rings. The molecule has 0 aliphatic rings. The first-order chi connectivity index (χ1) is 6.61. The fourth-order valence-electron chi connectivity index (χ4n) is 1.30. The van der Waals surface area contributed by atoms with Crippen molar-refractivity contribution in [3.63, 3.8) is 0 Å². The summed E-state index contributed by atoms with van der Waals surface area (Å²) in [7, 11) is 0. The largest absolute Gasteiger partial charge is 0.392 e. The number of hydrogen-bond acceptors (Lipinski definition) is 1. The zero-order chi connectivity index (χ0) is 11.0. The topological polar surface area (TPSA) is 20.2 Å². The predicted octanol–water partition coefficient (Wildman–Crippen LogP) is 3.62. The van der Waals surface area contributed by atoms with Gasteiger partial charge in [-0.3, -0.25) is 0 Å². The van der Waals surface area contributed by atoms with E-state index in [1.807, 2.05) is 6.08 Å². The Labute approximate surface area is 87.8 Å². The van der Waals surface area contributed by atoms with E-state index in [2.05, 4.69) is 33.4 Å². The average molecular weight is 194 g/mol. The highest BCUT2D eigenvalue weighted by molar-refractivity contribution is 5.16. The van der Waals surface area contributed by atoms with Crippen LogP contribution < -0.4 is 0 Å². The summed E-state index contributed by atoms with van der Waals surface area (Å²) in [6.07, 6.45) is 6.98. The molecule has 1 N–H and O–H groups in total. The second-order valence-corrected chi connectivity index (χ2v) is 3.85. The number of hydrogen-bond donors (Lipinski definition) is 1. The Morgan fingerprint density at radius 3 is 2.36 bits per heavy atom. The van der Waals surface area contributed by atoms with E-state index in [1.54, 1.807) is 0 Å². The fraction of sp³-hybridized carbons (Fsp3) is 0.538. The first kappa shape index (κ1) is 13.2. The average Bonchev–Trinajstić information content (AvgIpc) is 2.13. The second-order valence-electron chi connectivity index (χ2n) is 3.85. The van der Waals surface area contributed by atoms with Crippen molar-refractivity contribution in [3.8, 4) is 0 Å². The lowest BCUT2D eigenvalue weighted by atomic mass is 10.0. The molecule has 0 amide bonds. The summed E-state index contributed by atoms with van der Waals surface area (Å²) in [6, 6.07) is 0. The van der Waals surface area contributed by atoms with Crippen LogP contribution in [0.2, 0.25) is 0 Å². The molecule has 0 saturated heterocycles. The van der Waals surface area contributed by atoms with Crippen molar-refractivity contribution in [1.29, 1.82) is 0 Å². The Hall–Kier alpha value is -0.820. The molecule has 0 radical (unpaired) electrons.